The summed E-state index contributed by atoms with van der Waals surface area (Å²) in [4.78, 5) is 34.4. The summed E-state index contributed by atoms with van der Waals surface area (Å²) in [5.41, 5.74) is 1.15. The van der Waals surface area contributed by atoms with Crippen molar-refractivity contribution < 1.29 is 28.2 Å². The van der Waals surface area contributed by atoms with Crippen molar-refractivity contribution in [2.45, 2.75) is 26.8 Å². The van der Waals surface area contributed by atoms with Crippen LogP contribution in [-0.4, -0.2) is 56.7 Å². The number of benzene rings is 1. The van der Waals surface area contributed by atoms with E-state index >= 15 is 0 Å². The summed E-state index contributed by atoms with van der Waals surface area (Å²) in [6.07, 6.45) is 3.36. The maximum Gasteiger partial charge on any atom is 0.338 e. The molecule has 0 amide bonds. The molecule has 0 spiro atoms. The van der Waals surface area contributed by atoms with Gasteiger partial charge in [-0.25, -0.2) is 9.79 Å². The first-order chi connectivity index (χ1) is 19.9. The highest BCUT2D eigenvalue weighted by molar-refractivity contribution is 7.07. The molecule has 10 nitrogen and oxygen atoms in total. The molecule has 1 aromatic carbocycles. The average Bonchev–Trinajstić information content (AvgIpc) is 3.56. The summed E-state index contributed by atoms with van der Waals surface area (Å²) in [5.74, 6) is 1.79. The minimum atomic E-state index is -0.777. The minimum absolute atomic E-state index is 0.190. The Morgan fingerprint density at radius 3 is 2.68 bits per heavy atom. The van der Waals surface area contributed by atoms with E-state index in [1.54, 1.807) is 38.1 Å². The maximum absolute atomic E-state index is 13.9. The van der Waals surface area contributed by atoms with Crippen molar-refractivity contribution in [1.29, 1.82) is 0 Å². The third kappa shape index (κ3) is 5.86. The third-order valence-electron chi connectivity index (χ3n) is 6.67. The van der Waals surface area contributed by atoms with Crippen molar-refractivity contribution in [3.05, 3.63) is 85.3 Å². The van der Waals surface area contributed by atoms with Gasteiger partial charge in [0.25, 0.3) is 5.56 Å². The van der Waals surface area contributed by atoms with Gasteiger partial charge < -0.3 is 28.3 Å². The van der Waals surface area contributed by atoms with E-state index in [2.05, 4.69) is 16.5 Å². The highest BCUT2D eigenvalue weighted by Crippen LogP contribution is 2.36. The molecule has 2 aliphatic heterocycles. The summed E-state index contributed by atoms with van der Waals surface area (Å²) in [5, 5.41) is 0. The van der Waals surface area contributed by atoms with Crippen molar-refractivity contribution in [2.24, 2.45) is 4.99 Å². The van der Waals surface area contributed by atoms with E-state index in [9.17, 15) is 9.59 Å². The number of esters is 1. The fourth-order valence-corrected chi connectivity index (χ4v) is 5.87. The van der Waals surface area contributed by atoms with Crippen LogP contribution in [0, 0.1) is 0 Å². The highest BCUT2D eigenvalue weighted by atomic mass is 32.1. The number of carbonyl (C=O) groups is 1. The summed E-state index contributed by atoms with van der Waals surface area (Å²) in [6.45, 7) is 12.7. The Kier molecular flexibility index (Phi) is 8.75. The van der Waals surface area contributed by atoms with Crippen LogP contribution in [-0.2, 0) is 14.3 Å². The molecule has 0 saturated carbocycles. The molecule has 11 heteroatoms. The number of thiazole rings is 1. The molecule has 41 heavy (non-hydrogen) atoms. The number of nitrogens with zero attached hydrogens (tertiary/aromatic N) is 3. The van der Waals surface area contributed by atoms with Gasteiger partial charge in [0.05, 0.1) is 48.3 Å². The topological polar surface area (TPSA) is 105 Å². The van der Waals surface area contributed by atoms with Crippen LogP contribution in [0.1, 0.15) is 38.1 Å². The maximum atomic E-state index is 13.9. The Bertz CT molecular complexity index is 1640. The third-order valence-corrected chi connectivity index (χ3v) is 7.65. The summed E-state index contributed by atoms with van der Waals surface area (Å²) < 4.78 is 30.5. The van der Waals surface area contributed by atoms with Gasteiger partial charge >= 0.3 is 5.97 Å². The molecule has 2 aromatic heterocycles. The zero-order valence-electron chi connectivity index (χ0n) is 23.4. The number of hydrogen-bond acceptors (Lipinski definition) is 10. The Hall–Kier alpha value is -4.09. The molecule has 0 aliphatic carbocycles. The molecule has 1 saturated heterocycles. The first kappa shape index (κ1) is 28.4. The van der Waals surface area contributed by atoms with Crippen molar-refractivity contribution in [2.75, 3.05) is 51.0 Å². The minimum Gasteiger partial charge on any atom is -0.490 e. The van der Waals surface area contributed by atoms with Crippen molar-refractivity contribution in [3.63, 3.8) is 0 Å². The van der Waals surface area contributed by atoms with Gasteiger partial charge in [-0.3, -0.25) is 9.36 Å². The van der Waals surface area contributed by atoms with Crippen molar-refractivity contribution in [3.8, 4) is 11.5 Å². The Balaban J connectivity index is 1.61. The van der Waals surface area contributed by atoms with E-state index in [0.29, 0.717) is 69.9 Å². The molecule has 2 aliphatic rings. The van der Waals surface area contributed by atoms with Gasteiger partial charge in [0.15, 0.2) is 22.2 Å². The van der Waals surface area contributed by atoms with Crippen LogP contribution in [0.25, 0.3) is 6.08 Å². The summed E-state index contributed by atoms with van der Waals surface area (Å²) in [7, 11) is 0. The molecule has 4 heterocycles. The number of aromatic nitrogens is 1. The molecule has 1 fully saturated rings. The molecular weight excluding hydrogens is 546 g/mol. The monoisotopic (exact) mass is 579 g/mol. The lowest BCUT2D eigenvalue weighted by Gasteiger charge is -2.26. The van der Waals surface area contributed by atoms with Gasteiger partial charge in [0.1, 0.15) is 12.4 Å². The van der Waals surface area contributed by atoms with E-state index < -0.39 is 12.0 Å². The van der Waals surface area contributed by atoms with Crippen molar-refractivity contribution in [1.82, 2.24) is 4.57 Å². The number of carbonyl (C=O) groups excluding carboxylic acids is 1. The molecule has 0 radical (unpaired) electrons. The zero-order chi connectivity index (χ0) is 28.9. The van der Waals surface area contributed by atoms with Gasteiger partial charge in [-0.1, -0.05) is 30.1 Å². The lowest BCUT2D eigenvalue weighted by molar-refractivity contribution is -0.139. The van der Waals surface area contributed by atoms with Gasteiger partial charge in [-0.15, -0.1) is 0 Å². The second-order valence-corrected chi connectivity index (χ2v) is 10.3. The number of fused-ring (bicyclic) bond motifs is 1. The molecule has 0 unspecified atom stereocenters. The Morgan fingerprint density at radius 1 is 1.15 bits per heavy atom. The quantitative estimate of drug-likeness (QED) is 0.267. The SMILES string of the molecule is C=CCOc1ccc([C@@H]2C(C(=O)OCC)=C(C)N=c3sc(=Cc4ccc(N5CCOCC5)o4)c(=O)n32)cc1OCC. The van der Waals surface area contributed by atoms with E-state index in [1.165, 1.54) is 15.9 Å². The number of rotatable bonds is 10. The molecule has 3 aromatic rings. The van der Waals surface area contributed by atoms with Crippen LogP contribution in [0.3, 0.4) is 0 Å². The van der Waals surface area contributed by atoms with Gasteiger partial charge in [-0.05, 0) is 44.5 Å². The molecule has 1 atom stereocenters. The van der Waals surface area contributed by atoms with E-state index in [1.807, 2.05) is 25.1 Å². The lowest BCUT2D eigenvalue weighted by atomic mass is 9.95. The fraction of sp³-hybridized carbons (Fsp3) is 0.367. The number of allylic oxidation sites excluding steroid dienone is 1. The molecule has 0 N–H and O–H groups in total. The second-order valence-electron chi connectivity index (χ2n) is 9.32. The highest BCUT2D eigenvalue weighted by Gasteiger charge is 2.34. The summed E-state index contributed by atoms with van der Waals surface area (Å²) in [6, 6.07) is 8.34. The Labute approximate surface area is 241 Å². The van der Waals surface area contributed by atoms with Crippen LogP contribution in [0.5, 0.6) is 11.5 Å². The normalized spacial score (nSPS) is 17.2. The van der Waals surface area contributed by atoms with Crippen LogP contribution in [0.15, 0.2) is 68.5 Å². The molecular formula is C30H33N3O7S. The number of furan rings is 1. The first-order valence-corrected chi connectivity index (χ1v) is 14.4. The van der Waals surface area contributed by atoms with Crippen molar-refractivity contribution >= 4 is 29.3 Å². The van der Waals surface area contributed by atoms with Crippen LogP contribution in [0.2, 0.25) is 0 Å². The average molecular weight is 580 g/mol. The van der Waals surface area contributed by atoms with E-state index in [0.717, 1.165) is 19.0 Å². The van der Waals surface area contributed by atoms with Gasteiger partial charge in [-0.2, -0.15) is 0 Å². The van der Waals surface area contributed by atoms with E-state index in [-0.39, 0.29) is 12.2 Å². The number of morpholine rings is 1. The first-order valence-electron chi connectivity index (χ1n) is 13.6. The van der Waals surface area contributed by atoms with Crippen LogP contribution < -0.4 is 29.3 Å². The number of ether oxygens (including phenoxy) is 4. The van der Waals surface area contributed by atoms with Crippen LogP contribution >= 0.6 is 11.3 Å². The molecule has 216 valence electrons. The number of hydrogen-bond donors (Lipinski definition) is 0. The fourth-order valence-electron chi connectivity index (χ4n) is 4.84. The smallest absolute Gasteiger partial charge is 0.338 e. The zero-order valence-corrected chi connectivity index (χ0v) is 24.2. The standard InChI is InChI=1S/C30H33N3O7S/c1-5-14-39-22-10-8-20(17-23(22)37-6-2)27-26(29(35)38-7-3)19(4)31-30-33(27)28(34)24(41-30)18-21-9-11-25(40-21)32-12-15-36-16-13-32/h5,8-11,17-18,27H,1,6-7,12-16H2,2-4H3/t27-/m1/s1. The van der Waals surface area contributed by atoms with Gasteiger partial charge in [0, 0.05) is 25.2 Å². The second kappa shape index (κ2) is 12.6. The Morgan fingerprint density at radius 2 is 1.95 bits per heavy atom. The van der Waals surface area contributed by atoms with Gasteiger partial charge in [0.2, 0.25) is 0 Å². The summed E-state index contributed by atoms with van der Waals surface area (Å²) >= 11 is 1.24. The largest absolute Gasteiger partial charge is 0.490 e. The number of anilines is 1. The predicted molar refractivity (Wildman–Crippen MR) is 155 cm³/mol. The lowest BCUT2D eigenvalue weighted by Crippen LogP contribution is -2.40. The molecule has 0 bridgehead atoms. The predicted octanol–water partition coefficient (Wildman–Crippen LogP) is 3.19. The van der Waals surface area contributed by atoms with Crippen LogP contribution in [0.4, 0.5) is 5.88 Å². The van der Waals surface area contributed by atoms with E-state index in [4.69, 9.17) is 23.4 Å². The molecule has 5 rings (SSSR count).